The first-order chi connectivity index (χ1) is 14.6. The molecule has 30 heavy (non-hydrogen) atoms. The van der Waals surface area contributed by atoms with Gasteiger partial charge in [0.1, 0.15) is 5.92 Å². The van der Waals surface area contributed by atoms with Crippen molar-refractivity contribution in [3.63, 3.8) is 0 Å². The second kappa shape index (κ2) is 7.27. The number of fused-ring (bicyclic) bond motifs is 1. The maximum absolute atomic E-state index is 13.6. The summed E-state index contributed by atoms with van der Waals surface area (Å²) >= 11 is 6.25. The first-order valence-corrected chi connectivity index (χ1v) is 10.1. The Morgan fingerprint density at radius 2 is 1.60 bits per heavy atom. The Kier molecular flexibility index (Phi) is 4.57. The van der Waals surface area contributed by atoms with Crippen LogP contribution < -0.4 is 9.96 Å². The van der Waals surface area contributed by atoms with Gasteiger partial charge in [0.05, 0.1) is 17.4 Å². The van der Waals surface area contributed by atoms with Crippen molar-refractivity contribution in [1.82, 2.24) is 0 Å². The molecule has 2 aliphatic rings. The molecule has 0 aliphatic carbocycles. The van der Waals surface area contributed by atoms with Gasteiger partial charge in [-0.2, -0.15) is 0 Å². The Balaban J connectivity index is 1.61. The lowest BCUT2D eigenvalue weighted by Gasteiger charge is -2.29. The Hall–Kier alpha value is -3.15. The number of carbonyl (C=O) groups is 2. The van der Waals surface area contributed by atoms with Gasteiger partial charge in [-0.3, -0.25) is 14.4 Å². The molecule has 2 aliphatic heterocycles. The molecule has 0 aromatic heterocycles. The monoisotopic (exact) mass is 418 g/mol. The molecule has 2 amide bonds. The highest BCUT2D eigenvalue weighted by molar-refractivity contribution is 6.30. The first kappa shape index (κ1) is 18.9. The van der Waals surface area contributed by atoms with Gasteiger partial charge in [0.2, 0.25) is 5.91 Å². The molecular weight excluding hydrogens is 400 g/mol. The van der Waals surface area contributed by atoms with Gasteiger partial charge in [-0.05, 0) is 48.4 Å². The second-order valence-electron chi connectivity index (χ2n) is 7.51. The van der Waals surface area contributed by atoms with E-state index in [-0.39, 0.29) is 11.8 Å². The highest BCUT2D eigenvalue weighted by Gasteiger charge is 2.60. The van der Waals surface area contributed by atoms with E-state index < -0.39 is 18.1 Å². The molecule has 0 bridgehead atoms. The molecule has 3 aromatic carbocycles. The van der Waals surface area contributed by atoms with Gasteiger partial charge >= 0.3 is 0 Å². The van der Waals surface area contributed by atoms with E-state index in [1.54, 1.807) is 17.2 Å². The van der Waals surface area contributed by atoms with Gasteiger partial charge in [-0.15, -0.1) is 0 Å². The highest BCUT2D eigenvalue weighted by Crippen LogP contribution is 2.48. The lowest BCUT2D eigenvalue weighted by molar-refractivity contribution is -0.126. The van der Waals surface area contributed by atoms with E-state index in [9.17, 15) is 9.59 Å². The zero-order valence-electron chi connectivity index (χ0n) is 16.2. The van der Waals surface area contributed by atoms with E-state index in [0.717, 1.165) is 16.8 Å². The predicted octanol–water partition coefficient (Wildman–Crippen LogP) is 4.70. The van der Waals surface area contributed by atoms with Gasteiger partial charge in [-0.1, -0.05) is 60.1 Å². The van der Waals surface area contributed by atoms with E-state index >= 15 is 0 Å². The minimum absolute atomic E-state index is 0.261. The van der Waals surface area contributed by atoms with Crippen LogP contribution in [0.5, 0.6) is 0 Å². The van der Waals surface area contributed by atoms with E-state index in [1.165, 1.54) is 4.90 Å². The van der Waals surface area contributed by atoms with E-state index in [2.05, 4.69) is 0 Å². The van der Waals surface area contributed by atoms with Crippen LogP contribution in [0.1, 0.15) is 17.2 Å². The van der Waals surface area contributed by atoms with Crippen LogP contribution in [0.4, 0.5) is 11.4 Å². The summed E-state index contributed by atoms with van der Waals surface area (Å²) in [5.74, 6) is -1.27. The van der Waals surface area contributed by atoms with Crippen molar-refractivity contribution in [2.75, 3.05) is 9.96 Å². The third-order valence-electron chi connectivity index (χ3n) is 5.67. The Morgan fingerprint density at radius 3 is 2.33 bits per heavy atom. The summed E-state index contributed by atoms with van der Waals surface area (Å²) in [6.45, 7) is 1.88. The zero-order valence-corrected chi connectivity index (χ0v) is 17.0. The van der Waals surface area contributed by atoms with Crippen molar-refractivity contribution in [3.8, 4) is 0 Å². The summed E-state index contributed by atoms with van der Waals surface area (Å²) in [5.41, 5.74) is 3.06. The van der Waals surface area contributed by atoms with Gasteiger partial charge in [0.15, 0.2) is 6.10 Å². The van der Waals surface area contributed by atoms with Crippen LogP contribution >= 0.6 is 11.6 Å². The SMILES string of the molecule is Cc1ccccc1N1C(=O)[C@@H]2[C@H](ON(c3ccccc3)[C@@H]2c2cccc(Cl)c2)C1=O. The standard InChI is InChI=1S/C24H19ClN2O3/c1-15-8-5-6-13-19(15)26-23(28)20-21(16-9-7-10-17(25)14-16)27(30-22(20)24(26)29)18-11-3-2-4-12-18/h2-14,20-22H,1H3/t20-,21+,22-/m0/s1. The summed E-state index contributed by atoms with van der Waals surface area (Å²) in [4.78, 5) is 34.3. The lowest BCUT2D eigenvalue weighted by Crippen LogP contribution is -2.37. The van der Waals surface area contributed by atoms with Crippen LogP contribution in [-0.4, -0.2) is 17.9 Å². The number of para-hydroxylation sites is 2. The quantitative estimate of drug-likeness (QED) is 0.578. The minimum atomic E-state index is -0.888. The van der Waals surface area contributed by atoms with E-state index in [4.69, 9.17) is 16.4 Å². The summed E-state index contributed by atoms with van der Waals surface area (Å²) in [5, 5.41) is 2.24. The molecule has 3 aromatic rings. The lowest BCUT2D eigenvalue weighted by atomic mass is 9.90. The molecular formula is C24H19ClN2O3. The summed E-state index contributed by atoms with van der Waals surface area (Å²) in [7, 11) is 0. The van der Waals surface area contributed by atoms with Crippen LogP contribution in [0.15, 0.2) is 78.9 Å². The molecule has 3 atom stereocenters. The van der Waals surface area contributed by atoms with Crippen molar-refractivity contribution >= 4 is 34.8 Å². The largest absolute Gasteiger partial charge is 0.273 e. The third-order valence-corrected chi connectivity index (χ3v) is 5.91. The van der Waals surface area contributed by atoms with Crippen LogP contribution in [0, 0.1) is 12.8 Å². The second-order valence-corrected chi connectivity index (χ2v) is 7.95. The third kappa shape index (κ3) is 2.90. The van der Waals surface area contributed by atoms with Crippen molar-refractivity contribution < 1.29 is 14.4 Å². The number of hydrogen-bond acceptors (Lipinski definition) is 4. The number of halogens is 1. The number of imide groups is 1. The number of aryl methyl sites for hydroxylation is 1. The molecule has 0 unspecified atom stereocenters. The van der Waals surface area contributed by atoms with Crippen molar-refractivity contribution in [2.24, 2.45) is 5.92 Å². The summed E-state index contributed by atoms with van der Waals surface area (Å²) < 4.78 is 0. The molecule has 0 radical (unpaired) electrons. The fourth-order valence-corrected chi connectivity index (χ4v) is 4.49. The number of nitrogens with zero attached hydrogens (tertiary/aromatic N) is 2. The average Bonchev–Trinajstić information content (AvgIpc) is 3.26. The van der Waals surface area contributed by atoms with Gasteiger partial charge in [0.25, 0.3) is 5.91 Å². The highest BCUT2D eigenvalue weighted by atomic mass is 35.5. The Bertz CT molecular complexity index is 1130. The fraction of sp³-hybridized carbons (Fsp3) is 0.167. The average molecular weight is 419 g/mol. The van der Waals surface area contributed by atoms with Gasteiger partial charge in [-0.25, -0.2) is 9.96 Å². The maximum Gasteiger partial charge on any atom is 0.266 e. The van der Waals surface area contributed by atoms with Gasteiger partial charge < -0.3 is 0 Å². The predicted molar refractivity (Wildman–Crippen MR) is 115 cm³/mol. The molecule has 5 nitrogen and oxygen atoms in total. The Labute approximate surface area is 179 Å². The molecule has 0 saturated carbocycles. The molecule has 0 N–H and O–H groups in total. The van der Waals surface area contributed by atoms with Crippen LogP contribution in [0.3, 0.4) is 0 Å². The van der Waals surface area contributed by atoms with Gasteiger partial charge in [0, 0.05) is 5.02 Å². The Morgan fingerprint density at radius 1 is 0.867 bits per heavy atom. The number of carbonyl (C=O) groups excluding carboxylic acids is 2. The number of rotatable bonds is 3. The van der Waals surface area contributed by atoms with E-state index in [0.29, 0.717) is 10.7 Å². The molecule has 0 spiro atoms. The molecule has 6 heteroatoms. The fourth-order valence-electron chi connectivity index (χ4n) is 4.29. The first-order valence-electron chi connectivity index (χ1n) is 9.76. The number of benzene rings is 3. The van der Waals surface area contributed by atoms with E-state index in [1.807, 2.05) is 73.7 Å². The minimum Gasteiger partial charge on any atom is -0.273 e. The molecule has 2 saturated heterocycles. The van der Waals surface area contributed by atoms with Crippen LogP contribution in [0.2, 0.25) is 5.02 Å². The number of hydrogen-bond donors (Lipinski definition) is 0. The topological polar surface area (TPSA) is 49.9 Å². The summed E-state index contributed by atoms with van der Waals surface area (Å²) in [6.07, 6.45) is -0.888. The van der Waals surface area contributed by atoms with Crippen molar-refractivity contribution in [3.05, 3.63) is 95.0 Å². The maximum atomic E-state index is 13.6. The smallest absolute Gasteiger partial charge is 0.266 e. The number of amides is 2. The molecule has 150 valence electrons. The zero-order chi connectivity index (χ0) is 20.8. The van der Waals surface area contributed by atoms with Crippen molar-refractivity contribution in [1.29, 1.82) is 0 Å². The molecule has 2 fully saturated rings. The van der Waals surface area contributed by atoms with Crippen LogP contribution in [0.25, 0.3) is 0 Å². The molecule has 5 rings (SSSR count). The normalized spacial score (nSPS) is 23.2. The molecule has 2 heterocycles. The summed E-state index contributed by atoms with van der Waals surface area (Å²) in [6, 6.07) is 23.7. The number of hydroxylamine groups is 1. The van der Waals surface area contributed by atoms with Crippen molar-refractivity contribution in [2.45, 2.75) is 19.1 Å². The number of anilines is 2. The van der Waals surface area contributed by atoms with Crippen LogP contribution in [-0.2, 0) is 14.4 Å².